The lowest BCUT2D eigenvalue weighted by Crippen LogP contribution is -2.39. The van der Waals surface area contributed by atoms with Gasteiger partial charge in [0.15, 0.2) is 0 Å². The zero-order valence-corrected chi connectivity index (χ0v) is 8.32. The third-order valence-electron chi connectivity index (χ3n) is 3.39. The first-order valence-corrected chi connectivity index (χ1v) is 4.89. The molecule has 1 aliphatic carbocycles. The Morgan fingerprint density at radius 1 is 1.57 bits per heavy atom. The second-order valence-electron chi connectivity index (χ2n) is 4.73. The highest BCUT2D eigenvalue weighted by atomic mass is 16.6. The average Bonchev–Trinajstić information content (AvgIpc) is 2.21. The van der Waals surface area contributed by atoms with E-state index < -0.39 is 23.4 Å². The molecule has 78 valence electrons. The third kappa shape index (κ3) is 1.21. The van der Waals surface area contributed by atoms with E-state index in [1.165, 1.54) is 0 Å². The van der Waals surface area contributed by atoms with E-state index in [9.17, 15) is 9.59 Å². The van der Waals surface area contributed by atoms with Gasteiger partial charge in [-0.1, -0.05) is 6.92 Å². The van der Waals surface area contributed by atoms with E-state index in [0.717, 1.165) is 0 Å². The summed E-state index contributed by atoms with van der Waals surface area (Å²) >= 11 is 0. The van der Waals surface area contributed by atoms with Crippen LogP contribution in [0.2, 0.25) is 0 Å². The van der Waals surface area contributed by atoms with Gasteiger partial charge in [0.2, 0.25) is 0 Å². The van der Waals surface area contributed by atoms with Gasteiger partial charge in [0, 0.05) is 6.42 Å². The van der Waals surface area contributed by atoms with Crippen LogP contribution in [0.5, 0.6) is 0 Å². The Labute approximate surface area is 82.2 Å². The molecule has 0 aromatic rings. The second-order valence-corrected chi connectivity index (χ2v) is 4.73. The molecule has 0 amide bonds. The molecular weight excluding hydrogens is 184 g/mol. The summed E-state index contributed by atoms with van der Waals surface area (Å²) in [4.78, 5) is 22.4. The SMILES string of the molecule is C[C@@H]1C[C@@]2(C)C[C@@H](C(=O)O2)[C@@H]1C(=O)O. The molecule has 1 heterocycles. The number of ether oxygens (including phenoxy) is 1. The van der Waals surface area contributed by atoms with Gasteiger partial charge < -0.3 is 9.84 Å². The standard InChI is InChI=1S/C10H14O4/c1-5-3-10(2)4-6(9(13)14-10)7(5)8(11)12/h5-7H,3-4H2,1-2H3,(H,11,12)/t5-,6-,7-,10+/m1/s1. The predicted molar refractivity (Wildman–Crippen MR) is 47.5 cm³/mol. The highest BCUT2D eigenvalue weighted by molar-refractivity contribution is 5.83. The Morgan fingerprint density at radius 3 is 2.79 bits per heavy atom. The van der Waals surface area contributed by atoms with E-state index in [4.69, 9.17) is 9.84 Å². The van der Waals surface area contributed by atoms with Crippen molar-refractivity contribution in [2.75, 3.05) is 0 Å². The van der Waals surface area contributed by atoms with Crippen molar-refractivity contribution in [1.82, 2.24) is 0 Å². The van der Waals surface area contributed by atoms with Crippen LogP contribution in [0.1, 0.15) is 26.7 Å². The molecule has 0 aromatic heterocycles. The number of carboxylic acids is 1. The van der Waals surface area contributed by atoms with Crippen LogP contribution in [0.15, 0.2) is 0 Å². The van der Waals surface area contributed by atoms with Gasteiger partial charge in [-0.15, -0.1) is 0 Å². The van der Waals surface area contributed by atoms with Crippen molar-refractivity contribution in [3.8, 4) is 0 Å². The van der Waals surface area contributed by atoms with Crippen molar-refractivity contribution in [2.24, 2.45) is 17.8 Å². The molecule has 4 nitrogen and oxygen atoms in total. The highest BCUT2D eigenvalue weighted by Gasteiger charge is 2.55. The van der Waals surface area contributed by atoms with E-state index >= 15 is 0 Å². The van der Waals surface area contributed by atoms with Gasteiger partial charge in [-0.25, -0.2) is 0 Å². The number of aliphatic carboxylic acids is 1. The van der Waals surface area contributed by atoms with Crippen molar-refractivity contribution in [3.05, 3.63) is 0 Å². The van der Waals surface area contributed by atoms with Crippen LogP contribution in [-0.2, 0) is 14.3 Å². The monoisotopic (exact) mass is 198 g/mol. The minimum Gasteiger partial charge on any atom is -0.481 e. The van der Waals surface area contributed by atoms with Gasteiger partial charge in [-0.3, -0.25) is 9.59 Å². The maximum absolute atomic E-state index is 11.4. The average molecular weight is 198 g/mol. The number of carbonyl (C=O) groups excluding carboxylic acids is 1. The van der Waals surface area contributed by atoms with Gasteiger partial charge in [0.05, 0.1) is 11.8 Å². The van der Waals surface area contributed by atoms with E-state index in [2.05, 4.69) is 0 Å². The number of esters is 1. The fourth-order valence-electron chi connectivity index (χ4n) is 2.93. The van der Waals surface area contributed by atoms with Crippen molar-refractivity contribution >= 4 is 11.9 Å². The summed E-state index contributed by atoms with van der Waals surface area (Å²) < 4.78 is 5.22. The van der Waals surface area contributed by atoms with Crippen LogP contribution in [0.3, 0.4) is 0 Å². The summed E-state index contributed by atoms with van der Waals surface area (Å²) in [5.41, 5.74) is -0.410. The summed E-state index contributed by atoms with van der Waals surface area (Å²) in [6.45, 7) is 3.77. The van der Waals surface area contributed by atoms with E-state index in [1.54, 1.807) is 0 Å². The molecular formula is C10H14O4. The molecule has 4 atom stereocenters. The Balaban J connectivity index is 2.31. The summed E-state index contributed by atoms with van der Waals surface area (Å²) in [5.74, 6) is -2.17. The Kier molecular flexibility index (Phi) is 1.84. The lowest BCUT2D eigenvalue weighted by Gasteiger charge is -2.33. The number of carbonyl (C=O) groups is 2. The topological polar surface area (TPSA) is 63.6 Å². The summed E-state index contributed by atoms with van der Waals surface area (Å²) in [5, 5.41) is 9.02. The molecule has 2 fully saturated rings. The summed E-state index contributed by atoms with van der Waals surface area (Å²) in [7, 11) is 0. The highest BCUT2D eigenvalue weighted by Crippen LogP contribution is 2.48. The first kappa shape index (κ1) is 9.49. The molecule has 1 aliphatic heterocycles. The van der Waals surface area contributed by atoms with Crippen molar-refractivity contribution < 1.29 is 19.4 Å². The first-order valence-electron chi connectivity index (χ1n) is 4.89. The normalized spacial score (nSPS) is 46.1. The van der Waals surface area contributed by atoms with Crippen LogP contribution in [0.4, 0.5) is 0 Å². The fourth-order valence-corrected chi connectivity index (χ4v) is 2.93. The van der Waals surface area contributed by atoms with E-state index in [-0.39, 0.29) is 11.9 Å². The van der Waals surface area contributed by atoms with E-state index in [0.29, 0.717) is 12.8 Å². The van der Waals surface area contributed by atoms with Crippen LogP contribution >= 0.6 is 0 Å². The zero-order chi connectivity index (χ0) is 10.5. The molecule has 4 heteroatoms. The molecule has 0 unspecified atom stereocenters. The Morgan fingerprint density at radius 2 is 2.21 bits per heavy atom. The van der Waals surface area contributed by atoms with Crippen molar-refractivity contribution in [1.29, 1.82) is 0 Å². The maximum Gasteiger partial charge on any atom is 0.310 e. The van der Waals surface area contributed by atoms with Crippen LogP contribution in [-0.4, -0.2) is 22.6 Å². The lowest BCUT2D eigenvalue weighted by molar-refractivity contribution is -0.152. The quantitative estimate of drug-likeness (QED) is 0.639. The Hall–Kier alpha value is -1.06. The van der Waals surface area contributed by atoms with Crippen LogP contribution in [0, 0.1) is 17.8 Å². The Bertz CT molecular complexity index is 298. The molecule has 1 N–H and O–H groups in total. The van der Waals surface area contributed by atoms with Crippen molar-refractivity contribution in [2.45, 2.75) is 32.3 Å². The molecule has 2 aliphatic rings. The molecule has 1 saturated heterocycles. The van der Waals surface area contributed by atoms with Gasteiger partial charge in [0.25, 0.3) is 0 Å². The van der Waals surface area contributed by atoms with Gasteiger partial charge >= 0.3 is 11.9 Å². The number of rotatable bonds is 1. The molecule has 2 bridgehead atoms. The largest absolute Gasteiger partial charge is 0.481 e. The van der Waals surface area contributed by atoms with Gasteiger partial charge in [-0.05, 0) is 19.3 Å². The number of carboxylic acid groups (broad SMARTS) is 1. The van der Waals surface area contributed by atoms with Crippen LogP contribution in [0.25, 0.3) is 0 Å². The third-order valence-corrected chi connectivity index (χ3v) is 3.39. The number of fused-ring (bicyclic) bond motifs is 2. The maximum atomic E-state index is 11.4. The zero-order valence-electron chi connectivity index (χ0n) is 8.32. The molecule has 14 heavy (non-hydrogen) atoms. The number of hydrogen-bond acceptors (Lipinski definition) is 3. The minimum absolute atomic E-state index is 0.0164. The summed E-state index contributed by atoms with van der Waals surface area (Å²) in [6, 6.07) is 0. The summed E-state index contributed by atoms with van der Waals surface area (Å²) in [6.07, 6.45) is 1.22. The lowest BCUT2D eigenvalue weighted by atomic mass is 9.69. The van der Waals surface area contributed by atoms with Gasteiger partial charge in [-0.2, -0.15) is 0 Å². The fraction of sp³-hybridized carbons (Fsp3) is 0.800. The predicted octanol–water partition coefficient (Wildman–Crippen LogP) is 1.05. The minimum atomic E-state index is -0.872. The molecule has 2 rings (SSSR count). The second kappa shape index (κ2) is 2.72. The smallest absolute Gasteiger partial charge is 0.310 e. The molecule has 0 radical (unpaired) electrons. The first-order chi connectivity index (χ1) is 6.43. The molecule has 0 spiro atoms. The van der Waals surface area contributed by atoms with Gasteiger partial charge in [0.1, 0.15) is 5.60 Å². The van der Waals surface area contributed by atoms with Crippen LogP contribution < -0.4 is 0 Å². The number of hydrogen-bond donors (Lipinski definition) is 1. The molecule has 0 aromatic carbocycles. The van der Waals surface area contributed by atoms with E-state index in [1.807, 2.05) is 13.8 Å². The van der Waals surface area contributed by atoms with Crippen molar-refractivity contribution in [3.63, 3.8) is 0 Å². The molecule has 1 saturated carbocycles.